The van der Waals surface area contributed by atoms with E-state index in [1.54, 1.807) is 6.92 Å². The van der Waals surface area contributed by atoms with E-state index in [1.165, 1.54) is 4.90 Å². The van der Waals surface area contributed by atoms with Gasteiger partial charge in [0.25, 0.3) is 0 Å². The summed E-state index contributed by atoms with van der Waals surface area (Å²) in [5.41, 5.74) is 0. The van der Waals surface area contributed by atoms with E-state index in [4.69, 9.17) is 5.11 Å². The Hall–Kier alpha value is -1.06. The molecule has 2 bridgehead atoms. The summed E-state index contributed by atoms with van der Waals surface area (Å²) in [5, 5.41) is 8.76. The van der Waals surface area contributed by atoms with Crippen LogP contribution >= 0.6 is 0 Å². The number of piperidine rings is 2. The first-order valence-corrected chi connectivity index (χ1v) is 4.63. The molecule has 72 valence electrons. The van der Waals surface area contributed by atoms with Crippen LogP contribution in [0.2, 0.25) is 0 Å². The molecule has 0 spiro atoms. The molecule has 0 aromatic rings. The number of carbonyl (C=O) groups excluding carboxylic acids is 1. The van der Waals surface area contributed by atoms with Crippen molar-refractivity contribution < 1.29 is 14.7 Å². The van der Waals surface area contributed by atoms with Crippen LogP contribution in [0.1, 0.15) is 19.8 Å². The first-order valence-electron chi connectivity index (χ1n) is 4.63. The van der Waals surface area contributed by atoms with E-state index in [0.717, 1.165) is 12.8 Å². The molecule has 0 aromatic heterocycles. The third kappa shape index (κ3) is 1.20. The van der Waals surface area contributed by atoms with E-state index in [1.807, 2.05) is 0 Å². The second-order valence-corrected chi connectivity index (χ2v) is 4.04. The van der Waals surface area contributed by atoms with Crippen LogP contribution in [-0.4, -0.2) is 34.5 Å². The van der Waals surface area contributed by atoms with Crippen molar-refractivity contribution in [2.24, 2.45) is 11.8 Å². The molecule has 0 radical (unpaired) electrons. The van der Waals surface area contributed by atoms with Crippen molar-refractivity contribution in [1.29, 1.82) is 0 Å². The second kappa shape index (κ2) is 2.72. The third-order valence-corrected chi connectivity index (χ3v) is 3.15. The lowest BCUT2D eigenvalue weighted by molar-refractivity contribution is -0.161. The standard InChI is InChI=1S/C9H13NO3/c1-5(9(12)13)10-4-6-2-7(3-6)8(10)11/h5-7H,2-4H2,1H3,(H,12,13). The number of carbonyl (C=O) groups is 2. The number of amides is 1. The Bertz CT molecular complexity index is 258. The molecular weight excluding hydrogens is 170 g/mol. The molecule has 1 amide bonds. The number of fused-ring (bicyclic) bond motifs is 2. The monoisotopic (exact) mass is 183 g/mol. The summed E-state index contributed by atoms with van der Waals surface area (Å²) < 4.78 is 0. The van der Waals surface area contributed by atoms with Gasteiger partial charge in [-0.05, 0) is 25.7 Å². The summed E-state index contributed by atoms with van der Waals surface area (Å²) in [7, 11) is 0. The van der Waals surface area contributed by atoms with Crippen molar-refractivity contribution in [3.63, 3.8) is 0 Å². The molecular formula is C9H13NO3. The fraction of sp³-hybridized carbons (Fsp3) is 0.778. The van der Waals surface area contributed by atoms with Gasteiger partial charge in [0.2, 0.25) is 5.91 Å². The van der Waals surface area contributed by atoms with Gasteiger partial charge in [0, 0.05) is 12.5 Å². The highest BCUT2D eigenvalue weighted by Crippen LogP contribution is 2.40. The van der Waals surface area contributed by atoms with E-state index in [0.29, 0.717) is 12.5 Å². The van der Waals surface area contributed by atoms with Crippen LogP contribution in [0.5, 0.6) is 0 Å². The summed E-state index contributed by atoms with van der Waals surface area (Å²) in [6.07, 6.45) is 1.95. The Morgan fingerprint density at radius 1 is 1.62 bits per heavy atom. The van der Waals surface area contributed by atoms with Crippen LogP contribution < -0.4 is 0 Å². The van der Waals surface area contributed by atoms with Crippen molar-refractivity contribution in [3.8, 4) is 0 Å². The van der Waals surface area contributed by atoms with Crippen LogP contribution in [0.15, 0.2) is 0 Å². The van der Waals surface area contributed by atoms with Gasteiger partial charge < -0.3 is 10.0 Å². The van der Waals surface area contributed by atoms with Gasteiger partial charge in [0.05, 0.1) is 0 Å². The smallest absolute Gasteiger partial charge is 0.326 e. The third-order valence-electron chi connectivity index (χ3n) is 3.15. The molecule has 2 heterocycles. The number of rotatable bonds is 2. The second-order valence-electron chi connectivity index (χ2n) is 4.04. The SMILES string of the molecule is CC(C(=O)O)N1CC2CC(C2)C1=O. The van der Waals surface area contributed by atoms with Gasteiger partial charge in [-0.2, -0.15) is 0 Å². The first-order chi connectivity index (χ1) is 6.09. The van der Waals surface area contributed by atoms with Crippen molar-refractivity contribution in [2.45, 2.75) is 25.8 Å². The topological polar surface area (TPSA) is 57.6 Å². The summed E-state index contributed by atoms with van der Waals surface area (Å²) in [6, 6.07) is -0.655. The molecule has 3 fully saturated rings. The highest BCUT2D eigenvalue weighted by atomic mass is 16.4. The number of carboxylic acids is 1. The Kier molecular flexibility index (Phi) is 1.78. The van der Waals surface area contributed by atoms with E-state index >= 15 is 0 Å². The maximum atomic E-state index is 11.6. The molecule has 3 aliphatic rings. The molecule has 0 aromatic carbocycles. The highest BCUT2D eigenvalue weighted by molar-refractivity contribution is 5.86. The number of aliphatic carboxylic acids is 1. The van der Waals surface area contributed by atoms with Gasteiger partial charge in [0.15, 0.2) is 0 Å². The van der Waals surface area contributed by atoms with Gasteiger partial charge in [-0.25, -0.2) is 4.79 Å². The minimum atomic E-state index is -0.908. The quantitative estimate of drug-likeness (QED) is 0.671. The lowest BCUT2D eigenvalue weighted by Crippen LogP contribution is -2.57. The Balaban J connectivity index is 2.08. The highest BCUT2D eigenvalue weighted by Gasteiger charge is 2.45. The first kappa shape index (κ1) is 8.53. The average Bonchev–Trinajstić information content (AvgIpc) is 2.01. The van der Waals surface area contributed by atoms with E-state index in [2.05, 4.69) is 0 Å². The van der Waals surface area contributed by atoms with Crippen LogP contribution in [0.25, 0.3) is 0 Å². The molecule has 1 aliphatic carbocycles. The van der Waals surface area contributed by atoms with Crippen molar-refractivity contribution in [3.05, 3.63) is 0 Å². The normalized spacial score (nSPS) is 33.9. The van der Waals surface area contributed by atoms with Gasteiger partial charge in [-0.15, -0.1) is 0 Å². The maximum absolute atomic E-state index is 11.6. The molecule has 4 heteroatoms. The van der Waals surface area contributed by atoms with Gasteiger partial charge >= 0.3 is 5.97 Å². The van der Waals surface area contributed by atoms with Gasteiger partial charge in [-0.3, -0.25) is 4.79 Å². The Labute approximate surface area is 76.5 Å². The van der Waals surface area contributed by atoms with Gasteiger partial charge in [0.1, 0.15) is 6.04 Å². The number of hydrogen-bond acceptors (Lipinski definition) is 2. The minimum Gasteiger partial charge on any atom is -0.480 e. The van der Waals surface area contributed by atoms with E-state index < -0.39 is 12.0 Å². The average molecular weight is 183 g/mol. The van der Waals surface area contributed by atoms with Crippen molar-refractivity contribution >= 4 is 11.9 Å². The number of nitrogens with zero attached hydrogens (tertiary/aromatic N) is 1. The lowest BCUT2D eigenvalue weighted by atomic mass is 9.70. The van der Waals surface area contributed by atoms with Crippen LogP contribution in [-0.2, 0) is 9.59 Å². The molecule has 2 aliphatic heterocycles. The zero-order chi connectivity index (χ0) is 9.59. The molecule has 1 atom stereocenters. The predicted octanol–water partition coefficient (Wildman–Crippen LogP) is 0.328. The molecule has 1 unspecified atom stereocenters. The maximum Gasteiger partial charge on any atom is 0.326 e. The summed E-state index contributed by atoms with van der Waals surface area (Å²) in [4.78, 5) is 23.7. The fourth-order valence-corrected chi connectivity index (χ4v) is 2.17. The summed E-state index contributed by atoms with van der Waals surface area (Å²) in [5.74, 6) is -0.183. The Morgan fingerprint density at radius 3 is 2.69 bits per heavy atom. The summed E-state index contributed by atoms with van der Waals surface area (Å²) in [6.45, 7) is 2.22. The Morgan fingerprint density at radius 2 is 2.23 bits per heavy atom. The minimum absolute atomic E-state index is 0.0393. The number of hydrogen-bond donors (Lipinski definition) is 1. The fourth-order valence-electron chi connectivity index (χ4n) is 2.17. The molecule has 4 nitrogen and oxygen atoms in total. The van der Waals surface area contributed by atoms with Crippen LogP contribution in [0.4, 0.5) is 0 Å². The van der Waals surface area contributed by atoms with Crippen LogP contribution in [0, 0.1) is 11.8 Å². The molecule has 13 heavy (non-hydrogen) atoms. The van der Waals surface area contributed by atoms with Gasteiger partial charge in [-0.1, -0.05) is 0 Å². The molecule has 2 saturated heterocycles. The lowest BCUT2D eigenvalue weighted by Gasteiger charge is -2.47. The van der Waals surface area contributed by atoms with Crippen molar-refractivity contribution in [2.75, 3.05) is 6.54 Å². The van der Waals surface area contributed by atoms with E-state index in [-0.39, 0.29) is 11.8 Å². The largest absolute Gasteiger partial charge is 0.480 e. The summed E-state index contributed by atoms with van der Waals surface area (Å²) >= 11 is 0. The number of carboxylic acid groups (broad SMARTS) is 1. The zero-order valence-electron chi connectivity index (χ0n) is 7.56. The van der Waals surface area contributed by atoms with Crippen LogP contribution in [0.3, 0.4) is 0 Å². The van der Waals surface area contributed by atoms with E-state index in [9.17, 15) is 9.59 Å². The molecule has 1 saturated carbocycles. The molecule has 3 rings (SSSR count). The molecule has 1 N–H and O–H groups in total. The zero-order valence-corrected chi connectivity index (χ0v) is 7.56. The van der Waals surface area contributed by atoms with Crippen molar-refractivity contribution in [1.82, 2.24) is 4.90 Å². The predicted molar refractivity (Wildman–Crippen MR) is 45.0 cm³/mol.